The third kappa shape index (κ3) is 5.22. The van der Waals surface area contributed by atoms with Crippen LogP contribution in [0.4, 0.5) is 4.39 Å². The fourth-order valence-corrected chi connectivity index (χ4v) is 5.30. The minimum absolute atomic E-state index is 0.155. The smallest absolute Gasteiger partial charge is 0.214 e. The predicted octanol–water partition coefficient (Wildman–Crippen LogP) is 4.07. The normalized spacial score (nSPS) is 15.4. The maximum Gasteiger partial charge on any atom is 0.214 e. The summed E-state index contributed by atoms with van der Waals surface area (Å²) in [6.07, 6.45) is 3.84. The van der Waals surface area contributed by atoms with Crippen molar-refractivity contribution >= 4 is 27.4 Å². The number of aliphatic hydroxyl groups is 1. The molecule has 0 aliphatic heterocycles. The zero-order chi connectivity index (χ0) is 21.0. The second-order valence-corrected chi connectivity index (χ2v) is 9.68. The summed E-state index contributed by atoms with van der Waals surface area (Å²) in [6, 6.07) is 9.69. The lowest BCUT2D eigenvalue weighted by Gasteiger charge is -2.21. The van der Waals surface area contributed by atoms with Crippen LogP contribution in [0.15, 0.2) is 36.4 Å². The molecule has 5 nitrogen and oxygen atoms in total. The van der Waals surface area contributed by atoms with Crippen LogP contribution in [0.1, 0.15) is 48.0 Å². The second-order valence-electron chi connectivity index (χ2n) is 7.23. The highest BCUT2D eigenvalue weighted by Crippen LogP contribution is 2.29. The number of carbonyl (C=O) groups is 1. The Kier molecular flexibility index (Phi) is 7.05. The van der Waals surface area contributed by atoms with Crippen LogP contribution in [-0.2, 0) is 16.6 Å². The Labute approximate surface area is 175 Å². The third-order valence-electron chi connectivity index (χ3n) is 5.20. The summed E-state index contributed by atoms with van der Waals surface area (Å²) < 4.78 is 41.7. The van der Waals surface area contributed by atoms with Gasteiger partial charge in [-0.15, -0.1) is 0 Å². The van der Waals surface area contributed by atoms with Gasteiger partial charge in [0.1, 0.15) is 0 Å². The quantitative estimate of drug-likeness (QED) is 0.637. The lowest BCUT2D eigenvalue weighted by molar-refractivity contribution is 0.0993. The summed E-state index contributed by atoms with van der Waals surface area (Å²) >= 11 is 5.98. The van der Waals surface area contributed by atoms with E-state index >= 15 is 0 Å². The number of benzene rings is 2. The van der Waals surface area contributed by atoms with Crippen LogP contribution in [0, 0.1) is 5.82 Å². The van der Waals surface area contributed by atoms with Gasteiger partial charge in [-0.25, -0.2) is 17.5 Å². The van der Waals surface area contributed by atoms with E-state index < -0.39 is 33.4 Å². The fraction of sp³-hybridized carbons (Fsp3) is 0.381. The molecule has 1 aliphatic carbocycles. The number of aliphatic hydroxyl groups excluding tert-OH is 1. The topological polar surface area (TPSA) is 83.5 Å². The first-order chi connectivity index (χ1) is 13.8. The number of carbonyl (C=O) groups excluding carboxylic acids is 1. The predicted molar refractivity (Wildman–Crippen MR) is 111 cm³/mol. The van der Waals surface area contributed by atoms with Crippen molar-refractivity contribution < 1.29 is 22.7 Å². The first kappa shape index (κ1) is 21.9. The van der Waals surface area contributed by atoms with E-state index in [4.69, 9.17) is 11.6 Å². The van der Waals surface area contributed by atoms with Gasteiger partial charge >= 0.3 is 0 Å². The molecule has 1 fully saturated rings. The summed E-state index contributed by atoms with van der Waals surface area (Å²) in [7, 11) is -3.63. The van der Waals surface area contributed by atoms with Crippen LogP contribution < -0.4 is 4.72 Å². The molecule has 29 heavy (non-hydrogen) atoms. The molecule has 0 heterocycles. The number of rotatable bonds is 7. The largest absolute Gasteiger partial charge is 0.392 e. The highest BCUT2D eigenvalue weighted by atomic mass is 35.5. The SMILES string of the molecule is O=C(CNS(=O)(=O)C1CCCCC1)c1cc(-c2cccc(CO)c2)cc(Cl)c1F. The fourth-order valence-electron chi connectivity index (χ4n) is 3.56. The summed E-state index contributed by atoms with van der Waals surface area (Å²) in [5.74, 6) is -1.57. The van der Waals surface area contributed by atoms with E-state index in [1.54, 1.807) is 24.3 Å². The molecule has 0 saturated heterocycles. The van der Waals surface area contributed by atoms with E-state index in [-0.39, 0.29) is 17.2 Å². The van der Waals surface area contributed by atoms with Crippen molar-refractivity contribution in [2.45, 2.75) is 44.0 Å². The Morgan fingerprint density at radius 2 is 1.86 bits per heavy atom. The number of sulfonamides is 1. The van der Waals surface area contributed by atoms with Gasteiger partial charge in [0.05, 0.1) is 29.0 Å². The zero-order valence-corrected chi connectivity index (χ0v) is 17.4. The van der Waals surface area contributed by atoms with Gasteiger partial charge in [-0.1, -0.05) is 49.1 Å². The van der Waals surface area contributed by atoms with Gasteiger partial charge in [0, 0.05) is 0 Å². The molecule has 156 valence electrons. The molecule has 0 spiro atoms. The number of ketones is 1. The molecule has 0 aromatic heterocycles. The van der Waals surface area contributed by atoms with E-state index in [0.717, 1.165) is 19.3 Å². The van der Waals surface area contributed by atoms with Gasteiger partial charge in [-0.3, -0.25) is 4.79 Å². The van der Waals surface area contributed by atoms with Gasteiger partial charge in [0.25, 0.3) is 0 Å². The van der Waals surface area contributed by atoms with Gasteiger partial charge in [0.2, 0.25) is 10.0 Å². The van der Waals surface area contributed by atoms with Crippen LogP contribution >= 0.6 is 11.6 Å². The average Bonchev–Trinajstić information content (AvgIpc) is 2.74. The van der Waals surface area contributed by atoms with Crippen molar-refractivity contribution in [3.05, 3.63) is 58.4 Å². The molecule has 0 radical (unpaired) electrons. The monoisotopic (exact) mass is 439 g/mol. The first-order valence-corrected chi connectivity index (χ1v) is 11.4. The number of hydrogen-bond acceptors (Lipinski definition) is 4. The van der Waals surface area contributed by atoms with E-state index in [2.05, 4.69) is 4.72 Å². The third-order valence-corrected chi connectivity index (χ3v) is 7.37. The number of Topliss-reactive ketones (excluding diaryl/α,β-unsaturated/α-hetero) is 1. The maximum atomic E-state index is 14.5. The highest BCUT2D eigenvalue weighted by Gasteiger charge is 2.28. The van der Waals surface area contributed by atoms with Crippen molar-refractivity contribution in [1.82, 2.24) is 4.72 Å². The first-order valence-electron chi connectivity index (χ1n) is 9.52. The molecule has 2 N–H and O–H groups in total. The van der Waals surface area contributed by atoms with Crippen molar-refractivity contribution in [3.8, 4) is 11.1 Å². The Balaban J connectivity index is 1.82. The van der Waals surface area contributed by atoms with Crippen LogP contribution in [0.5, 0.6) is 0 Å². The van der Waals surface area contributed by atoms with Gasteiger partial charge in [0.15, 0.2) is 11.6 Å². The van der Waals surface area contributed by atoms with E-state index in [9.17, 15) is 22.7 Å². The minimum atomic E-state index is -3.63. The van der Waals surface area contributed by atoms with Crippen LogP contribution in [0.2, 0.25) is 5.02 Å². The molecular formula is C21H23ClFNO4S. The molecule has 3 rings (SSSR count). The van der Waals surface area contributed by atoms with Gasteiger partial charge < -0.3 is 5.11 Å². The van der Waals surface area contributed by atoms with Gasteiger partial charge in [-0.2, -0.15) is 0 Å². The summed E-state index contributed by atoms with van der Waals surface area (Å²) in [6.45, 7) is -0.677. The van der Waals surface area contributed by atoms with E-state index in [0.29, 0.717) is 29.5 Å². The Hall–Kier alpha value is -1.80. The lowest BCUT2D eigenvalue weighted by atomic mass is 9.99. The number of halogens is 2. The van der Waals surface area contributed by atoms with Crippen LogP contribution in [-0.4, -0.2) is 31.1 Å². The standard InChI is InChI=1S/C21H23ClFNO4S/c22-19-11-16(15-6-4-5-14(9-15)13-25)10-18(21(19)23)20(26)12-24-29(27,28)17-7-2-1-3-8-17/h4-6,9-11,17,24-25H,1-3,7-8,12-13H2. The van der Waals surface area contributed by atoms with Crippen molar-refractivity contribution in [1.29, 1.82) is 0 Å². The van der Waals surface area contributed by atoms with Crippen molar-refractivity contribution in [2.75, 3.05) is 6.54 Å². The van der Waals surface area contributed by atoms with Gasteiger partial charge in [-0.05, 0) is 47.7 Å². The second kappa shape index (κ2) is 9.34. The molecule has 0 bridgehead atoms. The van der Waals surface area contributed by atoms with Crippen molar-refractivity contribution in [2.24, 2.45) is 0 Å². The average molecular weight is 440 g/mol. The Morgan fingerprint density at radius 3 is 2.55 bits per heavy atom. The summed E-state index contributed by atoms with van der Waals surface area (Å²) in [5.41, 5.74) is 1.56. The van der Waals surface area contributed by atoms with E-state index in [1.165, 1.54) is 12.1 Å². The molecule has 1 aliphatic rings. The highest BCUT2D eigenvalue weighted by molar-refractivity contribution is 7.90. The molecule has 2 aromatic rings. The minimum Gasteiger partial charge on any atom is -0.392 e. The van der Waals surface area contributed by atoms with Crippen molar-refractivity contribution in [3.63, 3.8) is 0 Å². The summed E-state index contributed by atoms with van der Waals surface area (Å²) in [4.78, 5) is 12.6. The molecule has 0 amide bonds. The van der Waals surface area contributed by atoms with E-state index in [1.807, 2.05) is 0 Å². The number of nitrogens with one attached hydrogen (secondary N) is 1. The van der Waals surface area contributed by atoms with Crippen LogP contribution in [0.3, 0.4) is 0 Å². The zero-order valence-electron chi connectivity index (χ0n) is 15.8. The maximum absolute atomic E-state index is 14.5. The Bertz CT molecular complexity index is 1000. The Morgan fingerprint density at radius 1 is 1.14 bits per heavy atom. The van der Waals surface area contributed by atoms with Crippen LogP contribution in [0.25, 0.3) is 11.1 Å². The molecule has 8 heteroatoms. The molecule has 0 unspecified atom stereocenters. The molecule has 2 aromatic carbocycles. The molecular weight excluding hydrogens is 417 g/mol. The molecule has 1 saturated carbocycles. The number of hydrogen-bond donors (Lipinski definition) is 2. The summed E-state index contributed by atoms with van der Waals surface area (Å²) in [5, 5.41) is 8.56. The lowest BCUT2D eigenvalue weighted by Crippen LogP contribution is -2.38. The molecule has 0 atom stereocenters.